The van der Waals surface area contributed by atoms with E-state index in [1.807, 2.05) is 54.1 Å². The van der Waals surface area contributed by atoms with Crippen molar-refractivity contribution >= 4 is 40.2 Å². The van der Waals surface area contributed by atoms with Crippen molar-refractivity contribution in [1.82, 2.24) is 9.88 Å². The molecule has 144 valence electrons. The summed E-state index contributed by atoms with van der Waals surface area (Å²) in [5.41, 5.74) is 2.49. The minimum Gasteiger partial charge on any atom is -0.369 e. The molecule has 2 amide bonds. The number of carbonyl (C=O) groups is 2. The average molecular weight is 414 g/mol. The molecule has 0 unspecified atom stereocenters. The molecule has 28 heavy (non-hydrogen) atoms. The summed E-state index contributed by atoms with van der Waals surface area (Å²) in [5, 5.41) is 7.87. The zero-order valence-corrected chi connectivity index (χ0v) is 16.9. The number of nitrogens with one attached hydrogen (secondary N) is 1. The van der Waals surface area contributed by atoms with Crippen LogP contribution in [0.1, 0.15) is 9.88 Å². The molecule has 0 bridgehead atoms. The number of thiophene rings is 1. The van der Waals surface area contributed by atoms with Crippen LogP contribution in [0.15, 0.2) is 47.2 Å². The molecule has 2 aromatic heterocycles. The van der Waals surface area contributed by atoms with Crippen LogP contribution in [0, 0.1) is 6.92 Å². The van der Waals surface area contributed by atoms with Crippen LogP contribution in [0.3, 0.4) is 0 Å². The van der Waals surface area contributed by atoms with E-state index in [4.69, 9.17) is 4.74 Å². The predicted molar refractivity (Wildman–Crippen MR) is 110 cm³/mol. The second-order valence-electron chi connectivity index (χ2n) is 6.45. The van der Waals surface area contributed by atoms with Crippen molar-refractivity contribution in [2.24, 2.45) is 0 Å². The van der Waals surface area contributed by atoms with E-state index in [2.05, 4.69) is 10.3 Å². The number of amides is 2. The molecule has 0 saturated carbocycles. The van der Waals surface area contributed by atoms with Gasteiger partial charge in [-0.15, -0.1) is 22.7 Å². The van der Waals surface area contributed by atoms with Crippen LogP contribution in [0.5, 0.6) is 0 Å². The molecule has 3 aromatic rings. The molecular formula is C20H19N3O3S2. The normalized spacial score (nSPS) is 17.0. The van der Waals surface area contributed by atoms with Gasteiger partial charge in [0, 0.05) is 21.5 Å². The molecular weight excluding hydrogens is 394 g/mol. The summed E-state index contributed by atoms with van der Waals surface area (Å²) in [6.07, 6.45) is 0. The van der Waals surface area contributed by atoms with Gasteiger partial charge in [-0.1, -0.05) is 18.2 Å². The molecule has 1 aliphatic rings. The molecule has 1 fully saturated rings. The van der Waals surface area contributed by atoms with Crippen LogP contribution in [-0.2, 0) is 20.9 Å². The Bertz CT molecular complexity index is 984. The monoisotopic (exact) mass is 413 g/mol. The van der Waals surface area contributed by atoms with Gasteiger partial charge in [0.25, 0.3) is 0 Å². The second-order valence-corrected chi connectivity index (χ2v) is 8.55. The second kappa shape index (κ2) is 8.22. The van der Waals surface area contributed by atoms with Crippen LogP contribution in [0.4, 0.5) is 5.69 Å². The predicted octanol–water partition coefficient (Wildman–Crippen LogP) is 3.55. The van der Waals surface area contributed by atoms with Crippen molar-refractivity contribution in [2.75, 3.05) is 18.5 Å². The van der Waals surface area contributed by atoms with Crippen molar-refractivity contribution in [3.05, 3.63) is 57.0 Å². The minimum atomic E-state index is -0.659. The minimum absolute atomic E-state index is 0.00775. The number of carbonyl (C=O) groups excluding carboxylic acids is 2. The first kappa shape index (κ1) is 18.8. The van der Waals surface area contributed by atoms with Crippen molar-refractivity contribution in [2.45, 2.75) is 19.5 Å². The smallest absolute Gasteiger partial charge is 0.249 e. The Morgan fingerprint density at radius 3 is 2.96 bits per heavy atom. The fourth-order valence-electron chi connectivity index (χ4n) is 3.07. The van der Waals surface area contributed by atoms with Gasteiger partial charge < -0.3 is 15.0 Å². The molecule has 1 atom stereocenters. The van der Waals surface area contributed by atoms with Crippen LogP contribution in [0.25, 0.3) is 11.3 Å². The molecule has 1 N–H and O–H groups in total. The lowest BCUT2D eigenvalue weighted by atomic mass is 10.1. The first-order chi connectivity index (χ1) is 13.6. The number of rotatable bonds is 5. The summed E-state index contributed by atoms with van der Waals surface area (Å²) in [6, 6.07) is 10.8. The third-order valence-electron chi connectivity index (χ3n) is 4.45. The lowest BCUT2D eigenvalue weighted by molar-refractivity contribution is -0.153. The van der Waals surface area contributed by atoms with Crippen molar-refractivity contribution < 1.29 is 14.3 Å². The molecule has 1 aliphatic heterocycles. The Morgan fingerprint density at radius 2 is 2.21 bits per heavy atom. The number of thiazole rings is 1. The van der Waals surface area contributed by atoms with E-state index < -0.39 is 6.04 Å². The van der Waals surface area contributed by atoms with Gasteiger partial charge in [0.05, 0.1) is 23.9 Å². The van der Waals surface area contributed by atoms with Gasteiger partial charge in [-0.05, 0) is 30.5 Å². The molecule has 8 heteroatoms. The van der Waals surface area contributed by atoms with Gasteiger partial charge in [-0.2, -0.15) is 0 Å². The Kier molecular flexibility index (Phi) is 5.52. The molecule has 0 radical (unpaired) electrons. The number of benzene rings is 1. The van der Waals surface area contributed by atoms with Crippen LogP contribution < -0.4 is 5.32 Å². The number of hydrogen-bond donors (Lipinski definition) is 1. The summed E-state index contributed by atoms with van der Waals surface area (Å²) < 4.78 is 5.34. The summed E-state index contributed by atoms with van der Waals surface area (Å²) >= 11 is 3.15. The van der Waals surface area contributed by atoms with Gasteiger partial charge in [-0.25, -0.2) is 4.98 Å². The standard InChI is InChI=1S/C20H19N3O3S2/c1-13-21-17(12-28-13)14-4-2-5-15(8-14)22-20(25)18-10-26-11-19(24)23(18)9-16-6-3-7-27-16/h2-8,12,18H,9-11H2,1H3,(H,22,25)/t18-/m1/s1. The topological polar surface area (TPSA) is 71.5 Å². The quantitative estimate of drug-likeness (QED) is 0.694. The van der Waals surface area contributed by atoms with Gasteiger partial charge in [0.1, 0.15) is 12.6 Å². The fourth-order valence-corrected chi connectivity index (χ4v) is 4.39. The number of nitrogens with zero attached hydrogens (tertiary/aromatic N) is 2. The lowest BCUT2D eigenvalue weighted by Crippen LogP contribution is -2.54. The van der Waals surface area contributed by atoms with Crippen LogP contribution in [0.2, 0.25) is 0 Å². The molecule has 1 aromatic carbocycles. The van der Waals surface area contributed by atoms with Gasteiger partial charge in [-0.3, -0.25) is 9.59 Å². The van der Waals surface area contributed by atoms with Crippen molar-refractivity contribution in [1.29, 1.82) is 0 Å². The Balaban J connectivity index is 1.51. The maximum Gasteiger partial charge on any atom is 0.249 e. The highest BCUT2D eigenvalue weighted by atomic mass is 32.1. The fraction of sp³-hybridized carbons (Fsp3) is 0.250. The number of ether oxygens (including phenoxy) is 1. The van der Waals surface area contributed by atoms with Gasteiger partial charge in [0.15, 0.2) is 0 Å². The highest BCUT2D eigenvalue weighted by Gasteiger charge is 2.34. The first-order valence-corrected chi connectivity index (χ1v) is 10.6. The molecule has 4 rings (SSSR count). The largest absolute Gasteiger partial charge is 0.369 e. The maximum absolute atomic E-state index is 12.9. The van der Waals surface area contributed by atoms with E-state index in [0.29, 0.717) is 12.2 Å². The maximum atomic E-state index is 12.9. The Labute approximate surface area is 170 Å². The van der Waals surface area contributed by atoms with Crippen LogP contribution in [-0.4, -0.2) is 41.0 Å². The highest BCUT2D eigenvalue weighted by molar-refractivity contribution is 7.10. The Morgan fingerprint density at radius 1 is 1.32 bits per heavy atom. The van der Waals surface area contributed by atoms with E-state index in [1.54, 1.807) is 27.6 Å². The van der Waals surface area contributed by atoms with E-state index in [0.717, 1.165) is 21.1 Å². The lowest BCUT2D eigenvalue weighted by Gasteiger charge is -2.34. The number of morpholine rings is 1. The summed E-state index contributed by atoms with van der Waals surface area (Å²) in [5.74, 6) is -0.428. The van der Waals surface area contributed by atoms with Crippen molar-refractivity contribution in [3.63, 3.8) is 0 Å². The number of hydrogen-bond acceptors (Lipinski definition) is 6. The van der Waals surface area contributed by atoms with E-state index >= 15 is 0 Å². The number of aryl methyl sites for hydroxylation is 1. The molecule has 3 heterocycles. The zero-order chi connectivity index (χ0) is 19.5. The van der Waals surface area contributed by atoms with Gasteiger partial charge >= 0.3 is 0 Å². The molecule has 6 nitrogen and oxygen atoms in total. The van der Waals surface area contributed by atoms with Crippen molar-refractivity contribution in [3.8, 4) is 11.3 Å². The first-order valence-electron chi connectivity index (χ1n) is 8.83. The number of aromatic nitrogens is 1. The van der Waals surface area contributed by atoms with E-state index in [1.165, 1.54) is 0 Å². The van der Waals surface area contributed by atoms with E-state index in [-0.39, 0.29) is 25.0 Å². The Hall–Kier alpha value is -2.55. The summed E-state index contributed by atoms with van der Waals surface area (Å²) in [6.45, 7) is 2.57. The SMILES string of the molecule is Cc1nc(-c2cccc(NC(=O)[C@H]3COCC(=O)N3Cc3cccs3)c2)cs1. The molecule has 0 spiro atoms. The highest BCUT2D eigenvalue weighted by Crippen LogP contribution is 2.25. The summed E-state index contributed by atoms with van der Waals surface area (Å²) in [4.78, 5) is 32.4. The number of anilines is 1. The van der Waals surface area contributed by atoms with E-state index in [9.17, 15) is 9.59 Å². The van der Waals surface area contributed by atoms with Gasteiger partial charge in [0.2, 0.25) is 11.8 Å². The average Bonchev–Trinajstić information content (AvgIpc) is 3.35. The third-order valence-corrected chi connectivity index (χ3v) is 6.09. The molecule has 0 aliphatic carbocycles. The molecule has 1 saturated heterocycles. The van der Waals surface area contributed by atoms with Crippen LogP contribution >= 0.6 is 22.7 Å². The zero-order valence-electron chi connectivity index (χ0n) is 15.3. The summed E-state index contributed by atoms with van der Waals surface area (Å²) in [7, 11) is 0. The third kappa shape index (κ3) is 4.14.